The molecule has 1 aromatic rings. The van der Waals surface area contributed by atoms with E-state index in [0.717, 1.165) is 26.2 Å². The van der Waals surface area contributed by atoms with Crippen LogP contribution >= 0.6 is 0 Å². The fourth-order valence-electron chi connectivity index (χ4n) is 2.30. The third kappa shape index (κ3) is 3.28. The van der Waals surface area contributed by atoms with Crippen molar-refractivity contribution in [2.24, 2.45) is 0 Å². The average molecular weight is 234 g/mol. The molecule has 0 aromatic heterocycles. The molecule has 1 heterocycles. The Kier molecular flexibility index (Phi) is 4.15. The fourth-order valence-corrected chi connectivity index (χ4v) is 2.30. The molecule has 0 spiro atoms. The van der Waals surface area contributed by atoms with Crippen molar-refractivity contribution >= 4 is 0 Å². The standard InChI is InChI=1S/C14H22N2O/c1-12-3-5-13(6-4-12)9-16-8-7-15(2)14(10-16)11-17/h3-6,14,17H,7-11H2,1-2H3. The van der Waals surface area contributed by atoms with E-state index in [9.17, 15) is 5.11 Å². The summed E-state index contributed by atoms with van der Waals surface area (Å²) in [5.41, 5.74) is 2.66. The first-order chi connectivity index (χ1) is 8.19. The number of piperazine rings is 1. The van der Waals surface area contributed by atoms with Crippen LogP contribution in [0.3, 0.4) is 0 Å². The van der Waals surface area contributed by atoms with Gasteiger partial charge in [0.05, 0.1) is 6.61 Å². The second-order valence-corrected chi connectivity index (χ2v) is 5.04. The maximum Gasteiger partial charge on any atom is 0.0599 e. The van der Waals surface area contributed by atoms with Crippen LogP contribution in [0.2, 0.25) is 0 Å². The van der Waals surface area contributed by atoms with Crippen molar-refractivity contribution in [2.45, 2.75) is 19.5 Å². The van der Waals surface area contributed by atoms with Crippen molar-refractivity contribution in [3.8, 4) is 0 Å². The van der Waals surface area contributed by atoms with Gasteiger partial charge in [0.2, 0.25) is 0 Å². The van der Waals surface area contributed by atoms with Gasteiger partial charge in [-0.25, -0.2) is 0 Å². The van der Waals surface area contributed by atoms with Gasteiger partial charge < -0.3 is 5.11 Å². The molecule has 1 aliphatic rings. The number of hydrogen-bond donors (Lipinski definition) is 1. The zero-order valence-corrected chi connectivity index (χ0v) is 10.8. The number of benzene rings is 1. The molecule has 2 rings (SSSR count). The normalized spacial score (nSPS) is 22.9. The highest BCUT2D eigenvalue weighted by molar-refractivity contribution is 5.21. The topological polar surface area (TPSA) is 26.7 Å². The van der Waals surface area contributed by atoms with Gasteiger partial charge in [-0.1, -0.05) is 29.8 Å². The molecule has 0 radical (unpaired) electrons. The van der Waals surface area contributed by atoms with Crippen molar-refractivity contribution in [1.82, 2.24) is 9.80 Å². The maximum absolute atomic E-state index is 9.31. The van der Waals surface area contributed by atoms with Gasteiger partial charge in [0.25, 0.3) is 0 Å². The molecule has 1 atom stereocenters. The van der Waals surface area contributed by atoms with Crippen LogP contribution in [0.4, 0.5) is 0 Å². The van der Waals surface area contributed by atoms with Crippen molar-refractivity contribution in [3.63, 3.8) is 0 Å². The third-order valence-electron chi connectivity index (χ3n) is 3.60. The summed E-state index contributed by atoms with van der Waals surface area (Å²) in [6.45, 7) is 6.44. The van der Waals surface area contributed by atoms with Gasteiger partial charge in [-0.05, 0) is 19.5 Å². The van der Waals surface area contributed by atoms with Gasteiger partial charge in [0.15, 0.2) is 0 Å². The molecule has 0 bridgehead atoms. The fraction of sp³-hybridized carbons (Fsp3) is 0.571. The summed E-state index contributed by atoms with van der Waals surface area (Å²) >= 11 is 0. The Hall–Kier alpha value is -0.900. The number of aliphatic hydroxyl groups excluding tert-OH is 1. The molecule has 17 heavy (non-hydrogen) atoms. The van der Waals surface area contributed by atoms with Crippen LogP contribution in [0.15, 0.2) is 24.3 Å². The quantitative estimate of drug-likeness (QED) is 0.848. The van der Waals surface area contributed by atoms with E-state index < -0.39 is 0 Å². The van der Waals surface area contributed by atoms with Crippen LogP contribution in [-0.2, 0) is 6.54 Å². The van der Waals surface area contributed by atoms with E-state index in [1.807, 2.05) is 0 Å². The summed E-state index contributed by atoms with van der Waals surface area (Å²) in [4.78, 5) is 4.66. The Balaban J connectivity index is 1.93. The highest BCUT2D eigenvalue weighted by Crippen LogP contribution is 2.12. The molecule has 1 fully saturated rings. The van der Waals surface area contributed by atoms with Gasteiger partial charge >= 0.3 is 0 Å². The first kappa shape index (κ1) is 12.6. The lowest BCUT2D eigenvalue weighted by Gasteiger charge is -2.38. The van der Waals surface area contributed by atoms with Crippen molar-refractivity contribution in [2.75, 3.05) is 33.3 Å². The Morgan fingerprint density at radius 2 is 1.94 bits per heavy atom. The Bertz CT molecular complexity index is 350. The molecule has 1 N–H and O–H groups in total. The highest BCUT2D eigenvalue weighted by Gasteiger charge is 2.23. The summed E-state index contributed by atoms with van der Waals surface area (Å²) in [5, 5.41) is 9.31. The number of aliphatic hydroxyl groups is 1. The van der Waals surface area contributed by atoms with Crippen LogP contribution in [0.5, 0.6) is 0 Å². The smallest absolute Gasteiger partial charge is 0.0599 e. The predicted molar refractivity (Wildman–Crippen MR) is 70.0 cm³/mol. The van der Waals surface area contributed by atoms with Gasteiger partial charge in [-0.2, -0.15) is 0 Å². The summed E-state index contributed by atoms with van der Waals surface area (Å²) in [6.07, 6.45) is 0. The monoisotopic (exact) mass is 234 g/mol. The van der Waals surface area contributed by atoms with Gasteiger partial charge in [-0.15, -0.1) is 0 Å². The third-order valence-corrected chi connectivity index (χ3v) is 3.60. The molecule has 3 nitrogen and oxygen atoms in total. The number of hydrogen-bond acceptors (Lipinski definition) is 3. The number of aryl methyl sites for hydroxylation is 1. The van der Waals surface area contributed by atoms with E-state index >= 15 is 0 Å². The number of nitrogens with zero attached hydrogens (tertiary/aromatic N) is 2. The van der Waals surface area contributed by atoms with Gasteiger partial charge in [0, 0.05) is 32.2 Å². The second-order valence-electron chi connectivity index (χ2n) is 5.04. The molecular weight excluding hydrogens is 212 g/mol. The molecule has 1 aromatic carbocycles. The summed E-state index contributed by atoms with van der Waals surface area (Å²) in [5.74, 6) is 0. The first-order valence-corrected chi connectivity index (χ1v) is 6.28. The summed E-state index contributed by atoms with van der Waals surface area (Å²) < 4.78 is 0. The zero-order valence-electron chi connectivity index (χ0n) is 10.8. The largest absolute Gasteiger partial charge is 0.395 e. The highest BCUT2D eigenvalue weighted by atomic mass is 16.3. The molecule has 94 valence electrons. The minimum atomic E-state index is 0.251. The number of likely N-dealkylation sites (N-methyl/N-ethyl adjacent to an activating group) is 1. The van der Waals surface area contributed by atoms with Crippen LogP contribution < -0.4 is 0 Å². The molecule has 1 aliphatic heterocycles. The van der Waals surface area contributed by atoms with Gasteiger partial charge in [0.1, 0.15) is 0 Å². The molecule has 0 saturated carbocycles. The van der Waals surface area contributed by atoms with E-state index in [2.05, 4.69) is 48.0 Å². The molecule has 3 heteroatoms. The van der Waals surface area contributed by atoms with Crippen LogP contribution in [-0.4, -0.2) is 54.2 Å². The lowest BCUT2D eigenvalue weighted by molar-refractivity contribution is 0.0540. The van der Waals surface area contributed by atoms with E-state index in [-0.39, 0.29) is 12.6 Å². The minimum absolute atomic E-state index is 0.251. The SMILES string of the molecule is Cc1ccc(CN2CCN(C)C(CO)C2)cc1. The minimum Gasteiger partial charge on any atom is -0.395 e. The zero-order chi connectivity index (χ0) is 12.3. The second kappa shape index (κ2) is 5.63. The lowest BCUT2D eigenvalue weighted by atomic mass is 10.1. The maximum atomic E-state index is 9.31. The summed E-state index contributed by atoms with van der Waals surface area (Å²) in [7, 11) is 2.09. The molecule has 1 saturated heterocycles. The first-order valence-electron chi connectivity index (χ1n) is 6.28. The lowest BCUT2D eigenvalue weighted by Crippen LogP contribution is -2.52. The molecule has 0 aliphatic carbocycles. The predicted octanol–water partition coefficient (Wildman–Crippen LogP) is 1.10. The molecule has 1 unspecified atom stereocenters. The van der Waals surface area contributed by atoms with Crippen molar-refractivity contribution < 1.29 is 5.11 Å². The van der Waals surface area contributed by atoms with Gasteiger partial charge in [-0.3, -0.25) is 9.80 Å². The Morgan fingerprint density at radius 1 is 1.24 bits per heavy atom. The van der Waals surface area contributed by atoms with Crippen LogP contribution in [0.1, 0.15) is 11.1 Å². The number of rotatable bonds is 3. The molecular formula is C14H22N2O. The average Bonchev–Trinajstić information content (AvgIpc) is 2.34. The Labute approximate surface area is 104 Å². The molecule has 0 amide bonds. The van der Waals surface area contributed by atoms with E-state index in [0.29, 0.717) is 0 Å². The van der Waals surface area contributed by atoms with Crippen LogP contribution in [0.25, 0.3) is 0 Å². The van der Waals surface area contributed by atoms with Crippen molar-refractivity contribution in [3.05, 3.63) is 35.4 Å². The summed E-state index contributed by atoms with van der Waals surface area (Å²) in [6, 6.07) is 9.00. The van der Waals surface area contributed by atoms with E-state index in [1.54, 1.807) is 0 Å². The van der Waals surface area contributed by atoms with E-state index in [1.165, 1.54) is 11.1 Å². The Morgan fingerprint density at radius 3 is 2.59 bits per heavy atom. The van der Waals surface area contributed by atoms with Crippen LogP contribution in [0, 0.1) is 6.92 Å². The van der Waals surface area contributed by atoms with E-state index in [4.69, 9.17) is 0 Å². The van der Waals surface area contributed by atoms with Crippen molar-refractivity contribution in [1.29, 1.82) is 0 Å².